The molecule has 0 radical (unpaired) electrons. The number of fused-ring (bicyclic) bond motifs is 6. The Morgan fingerprint density at radius 2 is 2.06 bits per heavy atom. The Hall–Kier alpha value is -3.44. The van der Waals surface area contributed by atoms with Crippen molar-refractivity contribution in [2.45, 2.75) is 43.9 Å². The average molecular weight is 455 g/mol. The number of pyridine rings is 1. The third-order valence-corrected chi connectivity index (χ3v) is 8.90. The number of hydrogen-bond acceptors (Lipinski definition) is 8. The van der Waals surface area contributed by atoms with Gasteiger partial charge in [-0.2, -0.15) is 5.26 Å². The summed E-state index contributed by atoms with van der Waals surface area (Å²) in [5.41, 5.74) is 12.0. The normalized spacial score (nSPS) is 23.7. The number of nitrogens with zero attached hydrogens (tertiary/aromatic N) is 5. The molecule has 33 heavy (non-hydrogen) atoms. The smallest absolute Gasteiger partial charge is 0.161 e. The van der Waals surface area contributed by atoms with Gasteiger partial charge in [0.05, 0.1) is 28.1 Å². The number of rotatable bonds is 1. The number of carbonyl (C=O) groups excluding carboxylic acids is 1. The van der Waals surface area contributed by atoms with Gasteiger partial charge in [-0.15, -0.1) is 0 Å². The van der Waals surface area contributed by atoms with Crippen LogP contribution in [0.5, 0.6) is 0 Å². The number of Topliss-reactive ketones (excluding diaryl/α,β-unsaturated/α-hetero) is 1. The van der Waals surface area contributed by atoms with Crippen LogP contribution in [0.15, 0.2) is 52.2 Å². The molecule has 7 heterocycles. The van der Waals surface area contributed by atoms with Crippen LogP contribution < -0.4 is 15.5 Å². The first-order valence-corrected chi connectivity index (χ1v) is 12.4. The van der Waals surface area contributed by atoms with Gasteiger partial charge in [-0.05, 0) is 43.2 Å². The van der Waals surface area contributed by atoms with Gasteiger partial charge in [0.25, 0.3) is 0 Å². The monoisotopic (exact) mass is 454 g/mol. The van der Waals surface area contributed by atoms with Crippen molar-refractivity contribution in [2.24, 2.45) is 10.7 Å². The third-order valence-electron chi connectivity index (χ3n) is 7.65. The molecule has 0 amide bonds. The van der Waals surface area contributed by atoms with Crippen molar-refractivity contribution in [1.29, 1.82) is 5.26 Å². The predicted octanol–water partition coefficient (Wildman–Crippen LogP) is 3.91. The molecule has 2 N–H and O–H groups in total. The van der Waals surface area contributed by atoms with Crippen molar-refractivity contribution in [3.63, 3.8) is 0 Å². The van der Waals surface area contributed by atoms with Gasteiger partial charge in [0.15, 0.2) is 11.6 Å². The minimum absolute atomic E-state index is 0.117. The number of allylic oxidation sites excluding steroid dienone is 3. The second kappa shape index (κ2) is 6.78. The van der Waals surface area contributed by atoms with Gasteiger partial charge in [0.1, 0.15) is 10.8 Å². The zero-order valence-corrected chi connectivity index (χ0v) is 18.9. The highest BCUT2D eigenvalue weighted by Crippen LogP contribution is 2.57. The van der Waals surface area contributed by atoms with Crippen LogP contribution in [0.2, 0.25) is 0 Å². The second-order valence-corrected chi connectivity index (χ2v) is 10.3. The highest BCUT2D eigenvalue weighted by atomic mass is 32.1. The quantitative estimate of drug-likeness (QED) is 0.702. The van der Waals surface area contributed by atoms with E-state index in [4.69, 9.17) is 10.7 Å². The number of amidine groups is 1. The number of aliphatic imine (C=N–C) groups is 1. The molecule has 7 nitrogen and oxygen atoms in total. The van der Waals surface area contributed by atoms with Crippen LogP contribution in [0.4, 0.5) is 10.0 Å². The number of ketones is 1. The van der Waals surface area contributed by atoms with Crippen LogP contribution >= 0.6 is 11.3 Å². The largest absolute Gasteiger partial charge is 0.383 e. The number of hydrogen-bond donors (Lipinski definition) is 1. The molecule has 5 aliphatic heterocycles. The lowest BCUT2D eigenvalue weighted by Crippen LogP contribution is -2.40. The molecule has 0 spiro atoms. The maximum Gasteiger partial charge on any atom is 0.161 e. The van der Waals surface area contributed by atoms with Gasteiger partial charge in [0.2, 0.25) is 0 Å². The summed E-state index contributed by atoms with van der Waals surface area (Å²) in [5, 5.41) is 12.6. The number of anilines is 2. The summed E-state index contributed by atoms with van der Waals surface area (Å²) < 4.78 is 0. The highest BCUT2D eigenvalue weighted by Gasteiger charge is 2.46. The van der Waals surface area contributed by atoms with Gasteiger partial charge in [-0.25, -0.2) is 4.99 Å². The molecule has 2 aromatic heterocycles. The van der Waals surface area contributed by atoms with Crippen LogP contribution in [-0.2, 0) is 4.79 Å². The van der Waals surface area contributed by atoms with Crippen LogP contribution in [-0.4, -0.2) is 29.7 Å². The van der Waals surface area contributed by atoms with Crippen LogP contribution in [0.3, 0.4) is 0 Å². The van der Waals surface area contributed by atoms with Gasteiger partial charge in [-0.3, -0.25) is 14.7 Å². The molecule has 2 aromatic rings. The van der Waals surface area contributed by atoms with Crippen molar-refractivity contribution < 1.29 is 4.79 Å². The Morgan fingerprint density at radius 1 is 1.21 bits per heavy atom. The predicted molar refractivity (Wildman–Crippen MR) is 127 cm³/mol. The van der Waals surface area contributed by atoms with E-state index in [1.165, 1.54) is 10.6 Å². The molecule has 1 aliphatic carbocycles. The zero-order valence-electron chi connectivity index (χ0n) is 18.0. The van der Waals surface area contributed by atoms with Crippen LogP contribution in [0, 0.1) is 11.3 Å². The highest BCUT2D eigenvalue weighted by molar-refractivity contribution is 7.21. The van der Waals surface area contributed by atoms with E-state index in [9.17, 15) is 10.1 Å². The Morgan fingerprint density at radius 3 is 2.82 bits per heavy atom. The lowest BCUT2D eigenvalue weighted by atomic mass is 9.75. The zero-order chi connectivity index (χ0) is 22.3. The first-order chi connectivity index (χ1) is 16.2. The van der Waals surface area contributed by atoms with E-state index in [1.54, 1.807) is 23.7 Å². The summed E-state index contributed by atoms with van der Waals surface area (Å²) >= 11 is 1.75. The number of piperidine rings is 1. The van der Waals surface area contributed by atoms with Gasteiger partial charge in [-0.1, -0.05) is 17.4 Å². The fraction of sp³-hybridized carbons (Fsp3) is 0.360. The van der Waals surface area contributed by atoms with E-state index in [0.29, 0.717) is 29.6 Å². The second-order valence-electron chi connectivity index (χ2n) is 9.30. The lowest BCUT2D eigenvalue weighted by Gasteiger charge is -2.41. The molecule has 0 unspecified atom stereocenters. The molecular formula is C25H22N6OS. The van der Waals surface area contributed by atoms with Crippen molar-refractivity contribution in [3.05, 3.63) is 63.9 Å². The Bertz CT molecular complexity index is 1350. The van der Waals surface area contributed by atoms with E-state index < -0.39 is 5.92 Å². The standard InChI is InChI=1S/C25H22N6OS/c26-11-15-18(14-3-2-8-28-12-14)20-16(4-1-5-17(20)32)31-23(15)29-22(27)21-19-13-6-9-30(10-7-13)24(19)33-25(21)31/h2-3,8,12-13,18H,1,4-7,9-10H2,(H2,27,29)/t18-/m0/s1. The molecule has 2 bridgehead atoms. The summed E-state index contributed by atoms with van der Waals surface area (Å²) in [7, 11) is 0. The van der Waals surface area contributed by atoms with Crippen LogP contribution in [0.25, 0.3) is 0 Å². The minimum atomic E-state index is -0.453. The van der Waals surface area contributed by atoms with E-state index in [1.807, 2.05) is 12.1 Å². The molecule has 8 heteroatoms. The summed E-state index contributed by atoms with van der Waals surface area (Å²) in [6.45, 7) is 2.16. The fourth-order valence-corrected chi connectivity index (χ4v) is 7.71. The van der Waals surface area contributed by atoms with Crippen molar-refractivity contribution in [2.75, 3.05) is 22.9 Å². The van der Waals surface area contributed by atoms with Crippen molar-refractivity contribution in [1.82, 2.24) is 4.98 Å². The molecular weight excluding hydrogens is 432 g/mol. The molecule has 6 aliphatic rings. The summed E-state index contributed by atoms with van der Waals surface area (Å²) in [5.74, 6) is 1.24. The molecule has 1 atom stereocenters. The van der Waals surface area contributed by atoms with Crippen molar-refractivity contribution >= 4 is 33.0 Å². The summed E-state index contributed by atoms with van der Waals surface area (Å²) in [6, 6.07) is 6.19. The van der Waals surface area contributed by atoms with Gasteiger partial charge < -0.3 is 10.6 Å². The maximum atomic E-state index is 13.3. The van der Waals surface area contributed by atoms with Crippen LogP contribution in [0.1, 0.15) is 60.6 Å². The lowest BCUT2D eigenvalue weighted by molar-refractivity contribution is -0.116. The Balaban J connectivity index is 1.52. The number of thiophene rings is 1. The topological polar surface area (TPSA) is 98.6 Å². The Kier molecular flexibility index (Phi) is 3.92. The van der Waals surface area contributed by atoms with Crippen molar-refractivity contribution in [3.8, 4) is 6.07 Å². The fourth-order valence-electron chi connectivity index (χ4n) is 6.23. The van der Waals surface area contributed by atoms with E-state index in [2.05, 4.69) is 20.9 Å². The molecule has 1 fully saturated rings. The third kappa shape index (κ3) is 2.46. The molecule has 164 valence electrons. The summed E-state index contributed by atoms with van der Waals surface area (Å²) in [6.07, 6.45) is 7.84. The maximum absolute atomic E-state index is 13.3. The number of nitrogens with two attached hydrogens (primary N) is 1. The van der Waals surface area contributed by atoms with Gasteiger partial charge in [0, 0.05) is 48.7 Å². The summed E-state index contributed by atoms with van der Waals surface area (Å²) in [4.78, 5) is 27.0. The van der Waals surface area contributed by atoms with E-state index in [0.717, 1.165) is 66.2 Å². The van der Waals surface area contributed by atoms with Gasteiger partial charge >= 0.3 is 0 Å². The molecule has 8 rings (SSSR count). The number of nitriles is 1. The van der Waals surface area contributed by atoms with E-state index >= 15 is 0 Å². The molecule has 0 saturated carbocycles. The first-order valence-electron chi connectivity index (χ1n) is 11.5. The average Bonchev–Trinajstić information content (AvgIpc) is 3.28. The molecule has 1 saturated heterocycles. The first kappa shape index (κ1) is 19.1. The number of aromatic nitrogens is 1. The Labute approximate surface area is 195 Å². The van der Waals surface area contributed by atoms with E-state index in [-0.39, 0.29) is 5.78 Å². The SMILES string of the molecule is N#CC1=C2N=C(N)c3c(sc4c3C3CCN4CC3)N2C2=C(C(=O)CCC2)[C@H]1c1cccnc1. The minimum Gasteiger partial charge on any atom is -0.383 e. The molecule has 0 aromatic carbocycles. The number of carbonyl (C=O) groups is 1.